The summed E-state index contributed by atoms with van der Waals surface area (Å²) in [6.07, 6.45) is 6.50. The molecule has 0 aromatic rings. The first-order valence-electron chi connectivity index (χ1n) is 6.07. The molecule has 1 fully saturated rings. The second kappa shape index (κ2) is 9.94. The molecule has 0 aromatic carbocycles. The van der Waals surface area contributed by atoms with E-state index >= 15 is 0 Å². The molecule has 0 aliphatic carbocycles. The normalized spacial score (nSPS) is 18.8. The molecule has 1 aliphatic heterocycles. The fourth-order valence-electron chi connectivity index (χ4n) is 1.58. The van der Waals surface area contributed by atoms with Crippen LogP contribution in [0, 0.1) is 0 Å². The molecule has 0 saturated carbocycles. The van der Waals surface area contributed by atoms with E-state index < -0.39 is 0 Å². The highest BCUT2D eigenvalue weighted by atomic mass is 15.2. The van der Waals surface area contributed by atoms with Crippen molar-refractivity contribution in [2.75, 3.05) is 32.7 Å². The van der Waals surface area contributed by atoms with Crippen LogP contribution in [0.2, 0.25) is 0 Å². The smallest absolute Gasteiger partial charge is 0.0231 e. The van der Waals surface area contributed by atoms with Crippen LogP contribution in [0.3, 0.4) is 0 Å². The van der Waals surface area contributed by atoms with Crippen molar-refractivity contribution < 1.29 is 0 Å². The van der Waals surface area contributed by atoms with Crippen molar-refractivity contribution in [2.24, 2.45) is 0 Å². The molecule has 0 radical (unpaired) electrons. The lowest BCUT2D eigenvalue weighted by Gasteiger charge is -2.27. The summed E-state index contributed by atoms with van der Waals surface area (Å²) in [5.74, 6) is 0. The van der Waals surface area contributed by atoms with Gasteiger partial charge in [0.05, 0.1) is 0 Å². The van der Waals surface area contributed by atoms with Gasteiger partial charge < -0.3 is 5.32 Å². The number of nitrogens with one attached hydrogen (secondary N) is 1. The van der Waals surface area contributed by atoms with Crippen molar-refractivity contribution in [1.29, 1.82) is 0 Å². The van der Waals surface area contributed by atoms with E-state index in [4.69, 9.17) is 0 Å². The van der Waals surface area contributed by atoms with Gasteiger partial charge in [-0.3, -0.25) is 4.90 Å². The van der Waals surface area contributed by atoms with Crippen molar-refractivity contribution in [3.8, 4) is 0 Å². The minimum absolute atomic E-state index is 1.10. The molecule has 2 heteroatoms. The maximum absolute atomic E-state index is 3.36. The van der Waals surface area contributed by atoms with Crippen molar-refractivity contribution in [2.45, 2.75) is 27.7 Å². The van der Waals surface area contributed by atoms with E-state index in [0.717, 1.165) is 19.6 Å². The fraction of sp³-hybridized carbons (Fsp3) is 0.692. The summed E-state index contributed by atoms with van der Waals surface area (Å²) in [7, 11) is 0. The van der Waals surface area contributed by atoms with Gasteiger partial charge in [0.25, 0.3) is 0 Å². The van der Waals surface area contributed by atoms with Crippen molar-refractivity contribution >= 4 is 0 Å². The van der Waals surface area contributed by atoms with Gasteiger partial charge in [-0.2, -0.15) is 0 Å². The summed E-state index contributed by atoms with van der Waals surface area (Å²) < 4.78 is 0. The van der Waals surface area contributed by atoms with Crippen LogP contribution < -0.4 is 5.32 Å². The van der Waals surface area contributed by atoms with Crippen LogP contribution in [0.25, 0.3) is 0 Å². The van der Waals surface area contributed by atoms with Gasteiger partial charge in [0.1, 0.15) is 0 Å². The molecule has 0 spiro atoms. The Bertz CT molecular complexity index is 189. The van der Waals surface area contributed by atoms with E-state index in [9.17, 15) is 0 Å². The van der Waals surface area contributed by atoms with Crippen LogP contribution in [0.4, 0.5) is 0 Å². The van der Waals surface area contributed by atoms with Gasteiger partial charge in [-0.25, -0.2) is 0 Å². The first kappa shape index (κ1) is 14.4. The van der Waals surface area contributed by atoms with E-state index in [-0.39, 0.29) is 0 Å². The van der Waals surface area contributed by atoms with Gasteiger partial charge >= 0.3 is 0 Å². The summed E-state index contributed by atoms with van der Waals surface area (Å²) in [6.45, 7) is 13.9. The number of rotatable bonds is 3. The molecule has 1 aliphatic rings. The van der Waals surface area contributed by atoms with E-state index in [1.54, 1.807) is 0 Å². The highest BCUT2D eigenvalue weighted by Gasteiger charge is 2.09. The first-order chi connectivity index (χ1) is 7.36. The van der Waals surface area contributed by atoms with Crippen LogP contribution in [0.15, 0.2) is 23.8 Å². The predicted molar refractivity (Wildman–Crippen MR) is 69.2 cm³/mol. The molecule has 0 atom stereocenters. The molecular weight excluding hydrogens is 184 g/mol. The highest BCUT2D eigenvalue weighted by Crippen LogP contribution is 2.02. The van der Waals surface area contributed by atoms with E-state index in [1.807, 2.05) is 13.8 Å². The molecule has 1 N–H and O–H groups in total. The first-order valence-corrected chi connectivity index (χ1v) is 6.07. The highest BCUT2D eigenvalue weighted by molar-refractivity contribution is 5.19. The Labute approximate surface area is 95.0 Å². The largest absolute Gasteiger partial charge is 0.314 e. The lowest BCUT2D eigenvalue weighted by molar-refractivity contribution is 0.261. The number of hydrogen-bond donors (Lipinski definition) is 1. The van der Waals surface area contributed by atoms with E-state index in [2.05, 4.69) is 42.3 Å². The topological polar surface area (TPSA) is 15.3 Å². The quantitative estimate of drug-likeness (QED) is 0.720. The van der Waals surface area contributed by atoms with E-state index in [1.165, 1.54) is 18.7 Å². The molecule has 1 heterocycles. The third kappa shape index (κ3) is 6.47. The standard InChI is InChI=1S/C11H20N2.C2H6/c1-3-5-11(4-2)10-13-8-6-12-7-9-13;1-2/h3-5,12H,6-10H2,1-2H3;1-2H3/b5-3-,11-4+;. The minimum atomic E-state index is 1.10. The fourth-order valence-corrected chi connectivity index (χ4v) is 1.58. The molecule has 15 heavy (non-hydrogen) atoms. The molecule has 0 aromatic heterocycles. The van der Waals surface area contributed by atoms with Crippen molar-refractivity contribution in [3.63, 3.8) is 0 Å². The van der Waals surface area contributed by atoms with Crippen LogP contribution in [0.5, 0.6) is 0 Å². The number of hydrogen-bond acceptors (Lipinski definition) is 2. The Kier molecular flexibility index (Phi) is 9.54. The van der Waals surface area contributed by atoms with E-state index in [0.29, 0.717) is 0 Å². The molecule has 2 nitrogen and oxygen atoms in total. The van der Waals surface area contributed by atoms with Gasteiger partial charge in [-0.15, -0.1) is 0 Å². The lowest BCUT2D eigenvalue weighted by Crippen LogP contribution is -2.44. The maximum Gasteiger partial charge on any atom is 0.0231 e. The molecule has 1 rings (SSSR count). The second-order valence-electron chi connectivity index (χ2n) is 3.39. The van der Waals surface area contributed by atoms with Crippen LogP contribution in [-0.4, -0.2) is 37.6 Å². The summed E-state index contributed by atoms with van der Waals surface area (Å²) in [6, 6.07) is 0. The Balaban J connectivity index is 0.000000921. The second-order valence-corrected chi connectivity index (χ2v) is 3.39. The Hall–Kier alpha value is -0.600. The van der Waals surface area contributed by atoms with Gasteiger partial charge in [-0.1, -0.05) is 32.1 Å². The zero-order valence-corrected chi connectivity index (χ0v) is 10.7. The number of nitrogens with zero attached hydrogens (tertiary/aromatic N) is 1. The average molecular weight is 210 g/mol. The lowest BCUT2D eigenvalue weighted by atomic mass is 10.2. The number of piperazine rings is 1. The Morgan fingerprint density at radius 1 is 1.20 bits per heavy atom. The van der Waals surface area contributed by atoms with Crippen LogP contribution in [0.1, 0.15) is 27.7 Å². The third-order valence-corrected chi connectivity index (χ3v) is 2.37. The third-order valence-electron chi connectivity index (χ3n) is 2.37. The van der Waals surface area contributed by atoms with Gasteiger partial charge in [0.15, 0.2) is 0 Å². The molecule has 0 unspecified atom stereocenters. The minimum Gasteiger partial charge on any atom is -0.314 e. The zero-order valence-electron chi connectivity index (χ0n) is 10.7. The van der Waals surface area contributed by atoms with Crippen molar-refractivity contribution in [1.82, 2.24) is 10.2 Å². The summed E-state index contributed by atoms with van der Waals surface area (Å²) in [4.78, 5) is 2.49. The summed E-state index contributed by atoms with van der Waals surface area (Å²) in [5.41, 5.74) is 1.42. The molecule has 1 saturated heterocycles. The predicted octanol–water partition coefficient (Wildman–Crippen LogP) is 2.44. The molecular formula is C13H26N2. The number of allylic oxidation sites excluding steroid dienone is 2. The summed E-state index contributed by atoms with van der Waals surface area (Å²) in [5, 5.41) is 3.36. The molecule has 0 amide bonds. The average Bonchev–Trinajstić information content (AvgIpc) is 2.32. The Morgan fingerprint density at radius 2 is 1.80 bits per heavy atom. The SMILES string of the molecule is C/C=C\C(=C/C)CN1CCNCC1.CC. The molecule has 0 bridgehead atoms. The van der Waals surface area contributed by atoms with Gasteiger partial charge in [0, 0.05) is 32.7 Å². The monoisotopic (exact) mass is 210 g/mol. The van der Waals surface area contributed by atoms with Crippen molar-refractivity contribution in [3.05, 3.63) is 23.8 Å². The molecule has 88 valence electrons. The summed E-state index contributed by atoms with van der Waals surface area (Å²) >= 11 is 0. The Morgan fingerprint density at radius 3 is 2.27 bits per heavy atom. The van der Waals surface area contributed by atoms with Gasteiger partial charge in [0.2, 0.25) is 0 Å². The van der Waals surface area contributed by atoms with Gasteiger partial charge in [-0.05, 0) is 19.4 Å². The van der Waals surface area contributed by atoms with Crippen LogP contribution >= 0.6 is 0 Å². The van der Waals surface area contributed by atoms with Crippen LogP contribution in [-0.2, 0) is 0 Å². The zero-order chi connectivity index (χ0) is 11.5. The maximum atomic E-state index is 3.36.